The van der Waals surface area contributed by atoms with Crippen molar-refractivity contribution in [2.24, 2.45) is 0 Å². The molecule has 19 heavy (non-hydrogen) atoms. The summed E-state index contributed by atoms with van der Waals surface area (Å²) in [4.78, 5) is 0.174. The van der Waals surface area contributed by atoms with Crippen LogP contribution in [0.2, 0.25) is 0 Å². The van der Waals surface area contributed by atoms with Gasteiger partial charge in [0.05, 0.1) is 11.5 Å². The number of hydrogen-bond acceptors (Lipinski definition) is 4. The van der Waals surface area contributed by atoms with Gasteiger partial charge in [0.1, 0.15) is 0 Å². The molecule has 0 fully saturated rings. The SMILES string of the molecule is CCC(CC)N(CCO)S(=O)(=O)c1cccc(N)c1. The van der Waals surface area contributed by atoms with Gasteiger partial charge in [0.25, 0.3) is 0 Å². The summed E-state index contributed by atoms with van der Waals surface area (Å²) >= 11 is 0. The zero-order valence-electron chi connectivity index (χ0n) is 11.4. The summed E-state index contributed by atoms with van der Waals surface area (Å²) in [6.07, 6.45) is 1.41. The van der Waals surface area contributed by atoms with E-state index in [1.807, 2.05) is 13.8 Å². The fraction of sp³-hybridized carbons (Fsp3) is 0.538. The third-order valence-corrected chi connectivity index (χ3v) is 5.08. The minimum atomic E-state index is -3.62. The quantitative estimate of drug-likeness (QED) is 0.743. The van der Waals surface area contributed by atoms with Gasteiger partial charge in [0, 0.05) is 18.3 Å². The van der Waals surface area contributed by atoms with Crippen molar-refractivity contribution in [2.75, 3.05) is 18.9 Å². The van der Waals surface area contributed by atoms with Crippen LogP contribution in [0.4, 0.5) is 5.69 Å². The lowest BCUT2D eigenvalue weighted by molar-refractivity contribution is 0.219. The number of anilines is 1. The summed E-state index contributed by atoms with van der Waals surface area (Å²) in [7, 11) is -3.62. The van der Waals surface area contributed by atoms with Gasteiger partial charge in [0.2, 0.25) is 10.0 Å². The number of hydrogen-bond donors (Lipinski definition) is 2. The molecule has 1 rings (SSSR count). The van der Waals surface area contributed by atoms with Crippen molar-refractivity contribution < 1.29 is 13.5 Å². The van der Waals surface area contributed by atoms with Gasteiger partial charge in [0.15, 0.2) is 0 Å². The number of sulfonamides is 1. The zero-order valence-corrected chi connectivity index (χ0v) is 12.2. The highest BCUT2D eigenvalue weighted by molar-refractivity contribution is 7.89. The van der Waals surface area contributed by atoms with Gasteiger partial charge in [-0.2, -0.15) is 4.31 Å². The average molecular weight is 286 g/mol. The van der Waals surface area contributed by atoms with E-state index in [0.29, 0.717) is 18.5 Å². The lowest BCUT2D eigenvalue weighted by Gasteiger charge is -2.29. The van der Waals surface area contributed by atoms with Gasteiger partial charge in [-0.1, -0.05) is 19.9 Å². The number of aliphatic hydroxyl groups excluding tert-OH is 1. The fourth-order valence-corrected chi connectivity index (χ4v) is 3.92. The number of nitrogen functional groups attached to an aromatic ring is 1. The molecule has 0 amide bonds. The minimum absolute atomic E-state index is 0.101. The van der Waals surface area contributed by atoms with Crippen LogP contribution >= 0.6 is 0 Å². The van der Waals surface area contributed by atoms with E-state index >= 15 is 0 Å². The molecule has 0 atom stereocenters. The maximum atomic E-state index is 12.6. The number of nitrogens with zero attached hydrogens (tertiary/aromatic N) is 1. The molecule has 5 nitrogen and oxygen atoms in total. The van der Waals surface area contributed by atoms with Crippen LogP contribution in [0.15, 0.2) is 29.2 Å². The molecule has 0 saturated carbocycles. The maximum absolute atomic E-state index is 12.6. The molecule has 0 bridgehead atoms. The van der Waals surface area contributed by atoms with E-state index in [0.717, 1.165) is 0 Å². The fourth-order valence-electron chi connectivity index (χ4n) is 2.10. The molecule has 0 unspecified atom stereocenters. The van der Waals surface area contributed by atoms with Crippen molar-refractivity contribution in [1.29, 1.82) is 0 Å². The number of rotatable bonds is 7. The van der Waals surface area contributed by atoms with Gasteiger partial charge in [-0.15, -0.1) is 0 Å². The smallest absolute Gasteiger partial charge is 0.243 e. The van der Waals surface area contributed by atoms with Crippen molar-refractivity contribution in [1.82, 2.24) is 4.31 Å². The molecule has 0 saturated heterocycles. The normalized spacial score (nSPS) is 12.3. The third-order valence-electron chi connectivity index (χ3n) is 3.13. The highest BCUT2D eigenvalue weighted by Crippen LogP contribution is 2.22. The Morgan fingerprint density at radius 3 is 2.42 bits per heavy atom. The molecule has 3 N–H and O–H groups in total. The second kappa shape index (κ2) is 6.88. The van der Waals surface area contributed by atoms with Crippen LogP contribution < -0.4 is 5.73 Å². The molecule has 6 heteroatoms. The Bertz CT molecular complexity index is 498. The summed E-state index contributed by atoms with van der Waals surface area (Å²) in [6, 6.07) is 6.12. The van der Waals surface area contributed by atoms with Gasteiger partial charge in [-0.3, -0.25) is 0 Å². The van der Waals surface area contributed by atoms with Crippen LogP contribution in [0, 0.1) is 0 Å². The highest BCUT2D eigenvalue weighted by Gasteiger charge is 2.29. The van der Waals surface area contributed by atoms with Crippen LogP contribution in [0.5, 0.6) is 0 Å². The molecule has 0 aromatic heterocycles. The molecular formula is C13H22N2O3S. The van der Waals surface area contributed by atoms with Crippen LogP contribution in [0.3, 0.4) is 0 Å². The second-order valence-electron chi connectivity index (χ2n) is 4.38. The summed E-state index contributed by atoms with van der Waals surface area (Å²) in [5.74, 6) is 0. The van der Waals surface area contributed by atoms with E-state index in [2.05, 4.69) is 0 Å². The molecule has 0 heterocycles. The van der Waals surface area contributed by atoms with Gasteiger partial charge < -0.3 is 10.8 Å². The van der Waals surface area contributed by atoms with Crippen molar-refractivity contribution in [3.8, 4) is 0 Å². The molecule has 0 radical (unpaired) electrons. The van der Waals surface area contributed by atoms with E-state index in [-0.39, 0.29) is 24.1 Å². The molecule has 1 aromatic rings. The average Bonchev–Trinajstić information content (AvgIpc) is 2.39. The van der Waals surface area contributed by atoms with Crippen molar-refractivity contribution >= 4 is 15.7 Å². The molecule has 0 spiro atoms. The van der Waals surface area contributed by atoms with Crippen LogP contribution in [-0.4, -0.2) is 37.0 Å². The first-order valence-corrected chi connectivity index (χ1v) is 7.89. The van der Waals surface area contributed by atoms with Crippen LogP contribution in [0.25, 0.3) is 0 Å². The van der Waals surface area contributed by atoms with Gasteiger partial charge >= 0.3 is 0 Å². The van der Waals surface area contributed by atoms with E-state index < -0.39 is 10.0 Å². The number of aliphatic hydroxyl groups is 1. The molecule has 1 aromatic carbocycles. The summed E-state index contributed by atoms with van der Waals surface area (Å²) in [6.45, 7) is 3.78. The van der Waals surface area contributed by atoms with E-state index in [4.69, 9.17) is 10.8 Å². The molecule has 0 aliphatic heterocycles. The Kier molecular flexibility index (Phi) is 5.78. The zero-order chi connectivity index (χ0) is 14.5. The molecule has 0 aliphatic carbocycles. The topological polar surface area (TPSA) is 83.6 Å². The lowest BCUT2D eigenvalue weighted by Crippen LogP contribution is -2.41. The highest BCUT2D eigenvalue weighted by atomic mass is 32.2. The Hall–Kier alpha value is -1.11. The van der Waals surface area contributed by atoms with Crippen molar-refractivity contribution in [2.45, 2.75) is 37.6 Å². The largest absolute Gasteiger partial charge is 0.399 e. The monoisotopic (exact) mass is 286 g/mol. The van der Waals surface area contributed by atoms with E-state index in [1.165, 1.54) is 16.4 Å². The first-order chi connectivity index (χ1) is 8.97. The predicted molar refractivity (Wildman–Crippen MR) is 76.2 cm³/mol. The Labute approximate surface area is 115 Å². The predicted octanol–water partition coefficient (Wildman–Crippen LogP) is 1.44. The third kappa shape index (κ3) is 3.68. The molecule has 0 aliphatic rings. The Morgan fingerprint density at radius 1 is 1.32 bits per heavy atom. The summed E-state index contributed by atoms with van der Waals surface area (Å²) in [5.41, 5.74) is 6.05. The number of benzene rings is 1. The maximum Gasteiger partial charge on any atom is 0.243 e. The standard InChI is InChI=1S/C13H22N2O3S/c1-3-12(4-2)15(8-9-16)19(17,18)13-7-5-6-11(14)10-13/h5-7,10,12,16H,3-4,8-9,14H2,1-2H3. The summed E-state index contributed by atoms with van der Waals surface area (Å²) in [5, 5.41) is 9.11. The van der Waals surface area contributed by atoms with Crippen molar-refractivity contribution in [3.63, 3.8) is 0 Å². The molecular weight excluding hydrogens is 264 g/mol. The Morgan fingerprint density at radius 2 is 1.95 bits per heavy atom. The second-order valence-corrected chi connectivity index (χ2v) is 6.27. The van der Waals surface area contributed by atoms with E-state index in [9.17, 15) is 8.42 Å². The summed E-state index contributed by atoms with van der Waals surface area (Å²) < 4.78 is 26.5. The lowest BCUT2D eigenvalue weighted by atomic mass is 10.2. The number of nitrogens with two attached hydrogens (primary N) is 1. The van der Waals surface area contributed by atoms with Crippen molar-refractivity contribution in [3.05, 3.63) is 24.3 Å². The van der Waals surface area contributed by atoms with Crippen LogP contribution in [-0.2, 0) is 10.0 Å². The van der Waals surface area contributed by atoms with E-state index in [1.54, 1.807) is 12.1 Å². The van der Waals surface area contributed by atoms with Gasteiger partial charge in [-0.25, -0.2) is 8.42 Å². The molecule has 108 valence electrons. The van der Waals surface area contributed by atoms with Gasteiger partial charge in [-0.05, 0) is 31.0 Å². The van der Waals surface area contributed by atoms with Crippen LogP contribution in [0.1, 0.15) is 26.7 Å². The first kappa shape index (κ1) is 15.9. The first-order valence-electron chi connectivity index (χ1n) is 6.45. The Balaban J connectivity index is 3.19. The minimum Gasteiger partial charge on any atom is -0.399 e.